The van der Waals surface area contributed by atoms with Crippen LogP contribution >= 0.6 is 0 Å². The number of ketones is 1. The highest BCUT2D eigenvalue weighted by molar-refractivity contribution is 5.82. The monoisotopic (exact) mass is 266 g/mol. The molecule has 3 heteroatoms. The SMILES string of the molecule is O=C1CCC(c2ccccc2)CC1Cc1ncccn1. The van der Waals surface area contributed by atoms with Gasteiger partial charge in [0, 0.05) is 31.2 Å². The summed E-state index contributed by atoms with van der Waals surface area (Å²) in [4.78, 5) is 20.6. The highest BCUT2D eigenvalue weighted by Crippen LogP contribution is 2.35. The first-order valence-corrected chi connectivity index (χ1v) is 7.16. The van der Waals surface area contributed by atoms with Gasteiger partial charge >= 0.3 is 0 Å². The number of Topliss-reactive ketones (excluding diaryl/α,β-unsaturated/α-hetero) is 1. The molecule has 1 saturated carbocycles. The lowest BCUT2D eigenvalue weighted by Gasteiger charge is -2.28. The standard InChI is InChI=1S/C17H18N2O/c20-16-8-7-14(13-5-2-1-3-6-13)11-15(16)12-17-18-9-4-10-19-17/h1-6,9-10,14-15H,7-8,11-12H2. The average Bonchev–Trinajstić information content (AvgIpc) is 2.51. The molecule has 3 nitrogen and oxygen atoms in total. The van der Waals surface area contributed by atoms with Crippen molar-refractivity contribution < 1.29 is 4.79 Å². The summed E-state index contributed by atoms with van der Waals surface area (Å²) in [6.45, 7) is 0. The Balaban J connectivity index is 1.72. The van der Waals surface area contributed by atoms with E-state index in [1.807, 2.05) is 6.07 Å². The molecule has 102 valence electrons. The number of benzene rings is 1. The van der Waals surface area contributed by atoms with Crippen LogP contribution in [0.1, 0.15) is 36.6 Å². The van der Waals surface area contributed by atoms with Crippen molar-refractivity contribution in [2.24, 2.45) is 5.92 Å². The van der Waals surface area contributed by atoms with Gasteiger partial charge in [-0.15, -0.1) is 0 Å². The molecule has 1 fully saturated rings. The van der Waals surface area contributed by atoms with Crippen LogP contribution in [-0.4, -0.2) is 15.8 Å². The molecule has 1 aliphatic carbocycles. The summed E-state index contributed by atoms with van der Waals surface area (Å²) < 4.78 is 0. The van der Waals surface area contributed by atoms with E-state index in [1.54, 1.807) is 18.5 Å². The van der Waals surface area contributed by atoms with Gasteiger partial charge in [-0.3, -0.25) is 4.79 Å². The minimum atomic E-state index is 0.0661. The molecule has 1 aliphatic rings. The van der Waals surface area contributed by atoms with E-state index in [1.165, 1.54) is 5.56 Å². The number of aromatic nitrogens is 2. The number of hydrogen-bond donors (Lipinski definition) is 0. The van der Waals surface area contributed by atoms with Gasteiger partial charge in [-0.1, -0.05) is 30.3 Å². The number of nitrogens with zero attached hydrogens (tertiary/aromatic N) is 2. The second-order valence-electron chi connectivity index (χ2n) is 5.41. The number of carbonyl (C=O) groups is 1. The van der Waals surface area contributed by atoms with Gasteiger partial charge in [0.05, 0.1) is 0 Å². The molecule has 0 spiro atoms. The Morgan fingerprint density at radius 3 is 2.55 bits per heavy atom. The van der Waals surface area contributed by atoms with Gasteiger partial charge in [-0.2, -0.15) is 0 Å². The summed E-state index contributed by atoms with van der Waals surface area (Å²) in [6, 6.07) is 12.3. The van der Waals surface area contributed by atoms with Gasteiger partial charge in [-0.05, 0) is 30.4 Å². The van der Waals surface area contributed by atoms with Crippen molar-refractivity contribution in [3.63, 3.8) is 0 Å². The largest absolute Gasteiger partial charge is 0.299 e. The molecule has 20 heavy (non-hydrogen) atoms. The van der Waals surface area contributed by atoms with Gasteiger partial charge in [0.1, 0.15) is 11.6 Å². The molecule has 3 rings (SSSR count). The molecule has 1 aromatic heterocycles. The Morgan fingerprint density at radius 2 is 1.80 bits per heavy atom. The van der Waals surface area contributed by atoms with E-state index in [-0.39, 0.29) is 5.92 Å². The predicted molar refractivity (Wildman–Crippen MR) is 77.3 cm³/mol. The fraction of sp³-hybridized carbons (Fsp3) is 0.353. The topological polar surface area (TPSA) is 42.9 Å². The van der Waals surface area contributed by atoms with Crippen molar-refractivity contribution in [3.05, 3.63) is 60.2 Å². The van der Waals surface area contributed by atoms with Crippen LogP contribution in [-0.2, 0) is 11.2 Å². The van der Waals surface area contributed by atoms with Crippen LogP contribution in [0.5, 0.6) is 0 Å². The molecular weight excluding hydrogens is 248 g/mol. The first kappa shape index (κ1) is 13.0. The van der Waals surface area contributed by atoms with Crippen molar-refractivity contribution >= 4 is 5.78 Å². The molecule has 2 atom stereocenters. The van der Waals surface area contributed by atoms with E-state index in [9.17, 15) is 4.79 Å². The minimum absolute atomic E-state index is 0.0661. The first-order valence-electron chi connectivity index (χ1n) is 7.16. The summed E-state index contributed by atoms with van der Waals surface area (Å²) in [6.07, 6.45) is 6.71. The molecule has 0 bridgehead atoms. The van der Waals surface area contributed by atoms with E-state index in [4.69, 9.17) is 0 Å². The van der Waals surface area contributed by atoms with Crippen LogP contribution < -0.4 is 0 Å². The van der Waals surface area contributed by atoms with Crippen molar-refractivity contribution in [1.29, 1.82) is 0 Å². The van der Waals surface area contributed by atoms with E-state index >= 15 is 0 Å². The smallest absolute Gasteiger partial charge is 0.136 e. The third-order valence-corrected chi connectivity index (χ3v) is 4.08. The van der Waals surface area contributed by atoms with Crippen LogP contribution in [0.4, 0.5) is 0 Å². The predicted octanol–water partition coefficient (Wildman–Crippen LogP) is 3.17. The maximum absolute atomic E-state index is 12.1. The third kappa shape index (κ3) is 2.93. The lowest BCUT2D eigenvalue weighted by atomic mass is 9.76. The van der Waals surface area contributed by atoms with Crippen LogP contribution in [0, 0.1) is 5.92 Å². The van der Waals surface area contributed by atoms with Gasteiger partial charge in [-0.25, -0.2) is 9.97 Å². The Morgan fingerprint density at radius 1 is 1.05 bits per heavy atom. The van der Waals surface area contributed by atoms with Crippen molar-refractivity contribution in [2.75, 3.05) is 0 Å². The second-order valence-corrected chi connectivity index (χ2v) is 5.41. The number of carbonyl (C=O) groups excluding carboxylic acids is 1. The third-order valence-electron chi connectivity index (χ3n) is 4.08. The van der Waals surface area contributed by atoms with Gasteiger partial charge in [0.15, 0.2) is 0 Å². The fourth-order valence-corrected chi connectivity index (χ4v) is 2.99. The van der Waals surface area contributed by atoms with Gasteiger partial charge in [0.2, 0.25) is 0 Å². The van der Waals surface area contributed by atoms with Gasteiger partial charge in [0.25, 0.3) is 0 Å². The molecule has 0 radical (unpaired) electrons. The van der Waals surface area contributed by atoms with Crippen LogP contribution in [0.2, 0.25) is 0 Å². The summed E-state index contributed by atoms with van der Waals surface area (Å²) in [5.41, 5.74) is 1.35. The molecule has 1 heterocycles. The summed E-state index contributed by atoms with van der Waals surface area (Å²) >= 11 is 0. The first-order chi connectivity index (χ1) is 9.83. The maximum atomic E-state index is 12.1. The van der Waals surface area contributed by atoms with E-state index in [0.29, 0.717) is 24.5 Å². The fourth-order valence-electron chi connectivity index (χ4n) is 2.99. The molecule has 2 aromatic rings. The van der Waals surface area contributed by atoms with Crippen LogP contribution in [0.3, 0.4) is 0 Å². The normalized spacial score (nSPS) is 22.7. The van der Waals surface area contributed by atoms with Crippen molar-refractivity contribution in [2.45, 2.75) is 31.6 Å². The van der Waals surface area contributed by atoms with Crippen LogP contribution in [0.25, 0.3) is 0 Å². The molecule has 2 unspecified atom stereocenters. The lowest BCUT2D eigenvalue weighted by Crippen LogP contribution is -2.26. The zero-order chi connectivity index (χ0) is 13.8. The zero-order valence-electron chi connectivity index (χ0n) is 11.4. The summed E-state index contributed by atoms with van der Waals surface area (Å²) in [5.74, 6) is 1.70. The molecule has 0 aliphatic heterocycles. The van der Waals surface area contributed by atoms with Crippen molar-refractivity contribution in [3.8, 4) is 0 Å². The summed E-state index contributed by atoms with van der Waals surface area (Å²) in [5, 5.41) is 0. The Hall–Kier alpha value is -2.03. The van der Waals surface area contributed by atoms with Gasteiger partial charge < -0.3 is 0 Å². The Kier molecular flexibility index (Phi) is 3.86. The van der Waals surface area contributed by atoms with Crippen LogP contribution in [0.15, 0.2) is 48.8 Å². The minimum Gasteiger partial charge on any atom is -0.299 e. The van der Waals surface area contributed by atoms with E-state index in [0.717, 1.165) is 18.7 Å². The summed E-state index contributed by atoms with van der Waals surface area (Å²) in [7, 11) is 0. The highest BCUT2D eigenvalue weighted by Gasteiger charge is 2.30. The number of rotatable bonds is 3. The second kappa shape index (κ2) is 5.95. The molecule has 0 saturated heterocycles. The maximum Gasteiger partial charge on any atom is 0.136 e. The molecule has 0 N–H and O–H groups in total. The van der Waals surface area contributed by atoms with E-state index in [2.05, 4.69) is 34.2 Å². The molecular formula is C17H18N2O. The van der Waals surface area contributed by atoms with E-state index < -0.39 is 0 Å². The zero-order valence-corrected chi connectivity index (χ0v) is 11.4. The molecule has 1 aromatic carbocycles. The Labute approximate surface area is 119 Å². The number of hydrogen-bond acceptors (Lipinski definition) is 3. The van der Waals surface area contributed by atoms with Crippen molar-refractivity contribution in [1.82, 2.24) is 9.97 Å². The quantitative estimate of drug-likeness (QED) is 0.857. The molecule has 0 amide bonds. The lowest BCUT2D eigenvalue weighted by molar-refractivity contribution is -0.124. The highest BCUT2D eigenvalue weighted by atomic mass is 16.1. The average molecular weight is 266 g/mol. The Bertz CT molecular complexity index is 568.